The molecule has 3 aromatic carbocycles. The Morgan fingerprint density at radius 2 is 1.38 bits per heavy atom. The molecule has 3 aromatic rings. The van der Waals surface area contributed by atoms with E-state index in [1.54, 1.807) is 30.3 Å². The molecule has 2 N–H and O–H groups in total. The minimum absolute atomic E-state index is 0.158. The van der Waals surface area contributed by atoms with Crippen LogP contribution in [0.3, 0.4) is 0 Å². The molecule has 26 heavy (non-hydrogen) atoms. The number of carbonyl (C=O) groups excluding carboxylic acids is 2. The number of carbonyl (C=O) groups is 2. The molecule has 0 aliphatic rings. The average Bonchev–Trinajstić information content (AvgIpc) is 2.67. The Morgan fingerprint density at radius 3 is 2.15 bits per heavy atom. The van der Waals surface area contributed by atoms with Crippen molar-refractivity contribution in [3.05, 3.63) is 95.8 Å². The summed E-state index contributed by atoms with van der Waals surface area (Å²) in [5.74, 6) is -0.846. The zero-order chi connectivity index (χ0) is 18.4. The number of benzene rings is 3. The highest BCUT2D eigenvalue weighted by atomic mass is 19.1. The molecule has 0 aromatic heterocycles. The first-order valence-corrected chi connectivity index (χ1v) is 7.81. The Balaban J connectivity index is 1.64. The molecule has 3 rings (SSSR count). The van der Waals surface area contributed by atoms with E-state index in [9.17, 15) is 14.0 Å². The van der Waals surface area contributed by atoms with Crippen molar-refractivity contribution >= 4 is 11.8 Å². The molecule has 0 atom stereocenters. The highest BCUT2D eigenvalue weighted by molar-refractivity contribution is 5.99. The van der Waals surface area contributed by atoms with E-state index in [4.69, 9.17) is 4.74 Å². The van der Waals surface area contributed by atoms with E-state index in [0.29, 0.717) is 11.5 Å². The van der Waals surface area contributed by atoms with Crippen molar-refractivity contribution in [1.29, 1.82) is 0 Å². The Bertz CT molecular complexity index is 929. The molecule has 130 valence electrons. The van der Waals surface area contributed by atoms with Crippen LogP contribution in [0.4, 0.5) is 4.39 Å². The normalized spacial score (nSPS) is 10.0. The van der Waals surface area contributed by atoms with Gasteiger partial charge in [-0.25, -0.2) is 4.39 Å². The van der Waals surface area contributed by atoms with E-state index in [-0.39, 0.29) is 11.1 Å². The van der Waals surface area contributed by atoms with Crippen molar-refractivity contribution in [2.24, 2.45) is 0 Å². The SMILES string of the molecule is O=C(NNC(=O)c1ccccc1F)c1cccc(Oc2ccccc2)c1. The second-order valence-electron chi connectivity index (χ2n) is 5.33. The molecule has 0 spiro atoms. The van der Waals surface area contributed by atoms with E-state index in [2.05, 4.69) is 10.9 Å². The van der Waals surface area contributed by atoms with Gasteiger partial charge < -0.3 is 4.74 Å². The Kier molecular flexibility index (Phi) is 5.24. The Morgan fingerprint density at radius 1 is 0.731 bits per heavy atom. The fourth-order valence-electron chi connectivity index (χ4n) is 2.22. The number of halogens is 1. The minimum Gasteiger partial charge on any atom is -0.457 e. The number of ether oxygens (including phenoxy) is 1. The number of rotatable bonds is 4. The van der Waals surface area contributed by atoms with Crippen LogP contribution >= 0.6 is 0 Å². The van der Waals surface area contributed by atoms with Crippen molar-refractivity contribution in [1.82, 2.24) is 10.9 Å². The van der Waals surface area contributed by atoms with Gasteiger partial charge in [0.15, 0.2) is 0 Å². The van der Waals surface area contributed by atoms with Crippen LogP contribution in [0.25, 0.3) is 0 Å². The van der Waals surface area contributed by atoms with Gasteiger partial charge in [-0.1, -0.05) is 36.4 Å². The molecule has 0 radical (unpaired) electrons. The maximum absolute atomic E-state index is 13.6. The lowest BCUT2D eigenvalue weighted by atomic mass is 10.2. The summed E-state index contributed by atoms with van der Waals surface area (Å²) in [4.78, 5) is 24.1. The molecule has 0 saturated carbocycles. The number of hydrogen-bond donors (Lipinski definition) is 2. The van der Waals surface area contributed by atoms with E-state index < -0.39 is 17.6 Å². The fraction of sp³-hybridized carbons (Fsp3) is 0. The smallest absolute Gasteiger partial charge is 0.272 e. The largest absolute Gasteiger partial charge is 0.457 e. The highest BCUT2D eigenvalue weighted by Gasteiger charge is 2.13. The summed E-state index contributed by atoms with van der Waals surface area (Å²) in [6.45, 7) is 0. The van der Waals surface area contributed by atoms with Crippen LogP contribution in [0.1, 0.15) is 20.7 Å². The maximum atomic E-state index is 13.6. The number of para-hydroxylation sites is 1. The van der Waals surface area contributed by atoms with Crippen LogP contribution in [0.2, 0.25) is 0 Å². The van der Waals surface area contributed by atoms with Crippen molar-refractivity contribution in [3.8, 4) is 11.5 Å². The summed E-state index contributed by atoms with van der Waals surface area (Å²) in [6.07, 6.45) is 0. The predicted octanol–water partition coefficient (Wildman–Crippen LogP) is 3.69. The molecule has 0 saturated heterocycles. The van der Waals surface area contributed by atoms with Crippen LogP contribution in [0.5, 0.6) is 11.5 Å². The number of hydrogen-bond acceptors (Lipinski definition) is 3. The second-order valence-corrected chi connectivity index (χ2v) is 5.33. The number of hydrazine groups is 1. The highest BCUT2D eigenvalue weighted by Crippen LogP contribution is 2.21. The molecule has 0 aliphatic carbocycles. The summed E-state index contributed by atoms with van der Waals surface area (Å²) < 4.78 is 19.2. The van der Waals surface area contributed by atoms with Gasteiger partial charge in [0.2, 0.25) is 0 Å². The van der Waals surface area contributed by atoms with Gasteiger partial charge in [0.1, 0.15) is 17.3 Å². The van der Waals surface area contributed by atoms with Crippen molar-refractivity contribution in [2.75, 3.05) is 0 Å². The predicted molar refractivity (Wildman–Crippen MR) is 94.3 cm³/mol. The number of amides is 2. The summed E-state index contributed by atoms with van der Waals surface area (Å²) in [5.41, 5.74) is 4.57. The van der Waals surface area contributed by atoms with Gasteiger partial charge >= 0.3 is 0 Å². The third-order valence-corrected chi connectivity index (χ3v) is 3.48. The number of nitrogens with one attached hydrogen (secondary N) is 2. The Hall–Kier alpha value is -3.67. The van der Waals surface area contributed by atoms with Gasteiger partial charge in [-0.05, 0) is 42.5 Å². The van der Waals surface area contributed by atoms with Crippen molar-refractivity contribution < 1.29 is 18.7 Å². The molecule has 0 heterocycles. The molecule has 6 heteroatoms. The molecular weight excluding hydrogens is 335 g/mol. The Labute approximate surface area is 149 Å². The van der Waals surface area contributed by atoms with Crippen LogP contribution in [0.15, 0.2) is 78.9 Å². The molecular formula is C20H15FN2O3. The molecule has 0 bridgehead atoms. The van der Waals surface area contributed by atoms with E-state index in [1.165, 1.54) is 30.3 Å². The molecule has 0 fully saturated rings. The van der Waals surface area contributed by atoms with Gasteiger partial charge in [0.25, 0.3) is 11.8 Å². The first kappa shape index (κ1) is 17.2. The standard InChI is InChI=1S/C20H15FN2O3/c21-18-12-5-4-11-17(18)20(25)23-22-19(24)14-7-6-10-16(13-14)26-15-8-2-1-3-9-15/h1-13H,(H,22,24)(H,23,25). The lowest BCUT2D eigenvalue weighted by molar-refractivity contribution is 0.0844. The van der Waals surface area contributed by atoms with Crippen molar-refractivity contribution in [2.45, 2.75) is 0 Å². The molecule has 5 nitrogen and oxygen atoms in total. The third kappa shape index (κ3) is 4.24. The van der Waals surface area contributed by atoms with Crippen LogP contribution in [-0.4, -0.2) is 11.8 Å². The summed E-state index contributed by atoms with van der Waals surface area (Å²) >= 11 is 0. The topological polar surface area (TPSA) is 67.4 Å². The summed E-state index contributed by atoms with van der Waals surface area (Å²) in [7, 11) is 0. The average molecular weight is 350 g/mol. The van der Waals surface area contributed by atoms with Crippen molar-refractivity contribution in [3.63, 3.8) is 0 Å². The van der Waals surface area contributed by atoms with Gasteiger partial charge in [-0.15, -0.1) is 0 Å². The van der Waals surface area contributed by atoms with E-state index in [1.807, 2.05) is 18.2 Å². The van der Waals surface area contributed by atoms with Gasteiger partial charge in [0.05, 0.1) is 5.56 Å². The fourth-order valence-corrected chi connectivity index (χ4v) is 2.22. The van der Waals surface area contributed by atoms with Gasteiger partial charge in [-0.3, -0.25) is 20.4 Å². The zero-order valence-corrected chi connectivity index (χ0v) is 13.6. The first-order valence-electron chi connectivity index (χ1n) is 7.81. The third-order valence-electron chi connectivity index (χ3n) is 3.48. The lowest BCUT2D eigenvalue weighted by Crippen LogP contribution is -2.41. The van der Waals surface area contributed by atoms with Crippen LogP contribution in [-0.2, 0) is 0 Å². The van der Waals surface area contributed by atoms with Gasteiger partial charge in [-0.2, -0.15) is 0 Å². The molecule has 2 amide bonds. The van der Waals surface area contributed by atoms with Gasteiger partial charge in [0, 0.05) is 5.56 Å². The van der Waals surface area contributed by atoms with E-state index >= 15 is 0 Å². The zero-order valence-electron chi connectivity index (χ0n) is 13.6. The maximum Gasteiger partial charge on any atom is 0.272 e. The summed E-state index contributed by atoms with van der Waals surface area (Å²) in [6, 6.07) is 21.1. The second kappa shape index (κ2) is 7.94. The summed E-state index contributed by atoms with van der Waals surface area (Å²) in [5, 5.41) is 0. The van der Waals surface area contributed by atoms with E-state index in [0.717, 1.165) is 0 Å². The lowest BCUT2D eigenvalue weighted by Gasteiger charge is -2.10. The first-order chi connectivity index (χ1) is 12.6. The quantitative estimate of drug-likeness (QED) is 0.705. The molecule has 0 aliphatic heterocycles. The molecule has 0 unspecified atom stereocenters. The van der Waals surface area contributed by atoms with Crippen LogP contribution < -0.4 is 15.6 Å². The van der Waals surface area contributed by atoms with Crippen LogP contribution in [0, 0.1) is 5.82 Å². The monoisotopic (exact) mass is 350 g/mol. The minimum atomic E-state index is -0.742.